The second-order valence-electron chi connectivity index (χ2n) is 8.84. The Morgan fingerprint density at radius 2 is 1.81 bits per heavy atom. The van der Waals surface area contributed by atoms with Crippen molar-refractivity contribution in [1.82, 2.24) is 10.2 Å². The second kappa shape index (κ2) is 8.22. The first-order valence-corrected chi connectivity index (χ1v) is 11.1. The lowest BCUT2D eigenvalue weighted by molar-refractivity contribution is -0.137. The van der Waals surface area contributed by atoms with E-state index in [4.69, 9.17) is 0 Å². The molecule has 1 saturated heterocycles. The number of anilines is 1. The first-order valence-electron chi connectivity index (χ1n) is 11.1. The van der Waals surface area contributed by atoms with Crippen molar-refractivity contribution in [3.63, 3.8) is 0 Å². The summed E-state index contributed by atoms with van der Waals surface area (Å²) in [7, 11) is 0. The Labute approximate surface area is 186 Å². The molecule has 164 valence electrons. The number of amides is 4. The Balaban J connectivity index is 1.18. The average molecular weight is 431 g/mol. The lowest BCUT2D eigenvalue weighted by atomic mass is 10.0. The second-order valence-corrected chi connectivity index (χ2v) is 8.84. The van der Waals surface area contributed by atoms with Crippen LogP contribution in [-0.4, -0.2) is 34.6 Å². The van der Waals surface area contributed by atoms with Gasteiger partial charge in [0.15, 0.2) is 0 Å². The summed E-state index contributed by atoms with van der Waals surface area (Å²) in [5.41, 5.74) is 4.47. The molecule has 2 fully saturated rings. The van der Waals surface area contributed by atoms with Crippen molar-refractivity contribution < 1.29 is 19.2 Å². The highest BCUT2D eigenvalue weighted by atomic mass is 16.2. The molecular weight excluding hydrogens is 406 g/mol. The van der Waals surface area contributed by atoms with E-state index in [0.717, 1.165) is 16.8 Å². The third-order valence-corrected chi connectivity index (χ3v) is 6.48. The molecule has 0 radical (unpaired) electrons. The van der Waals surface area contributed by atoms with E-state index in [1.54, 1.807) is 0 Å². The van der Waals surface area contributed by atoms with Gasteiger partial charge in [0.25, 0.3) is 5.91 Å². The number of carbonyl (C=O) groups is 4. The maximum absolute atomic E-state index is 12.9. The summed E-state index contributed by atoms with van der Waals surface area (Å²) in [6.07, 6.45) is 3.92. The van der Waals surface area contributed by atoms with Gasteiger partial charge >= 0.3 is 0 Å². The van der Waals surface area contributed by atoms with Gasteiger partial charge in [-0.3, -0.25) is 24.5 Å². The van der Waals surface area contributed by atoms with Crippen LogP contribution in [0.4, 0.5) is 5.69 Å². The van der Waals surface area contributed by atoms with Gasteiger partial charge in [-0.05, 0) is 66.5 Å². The predicted molar refractivity (Wildman–Crippen MR) is 118 cm³/mol. The highest BCUT2D eigenvalue weighted by Gasteiger charge is 2.39. The molecule has 2 aromatic rings. The molecule has 2 heterocycles. The Morgan fingerprint density at radius 3 is 2.53 bits per heavy atom. The van der Waals surface area contributed by atoms with Crippen molar-refractivity contribution in [3.05, 3.63) is 64.7 Å². The summed E-state index contributed by atoms with van der Waals surface area (Å²) in [4.78, 5) is 50.4. The quantitative estimate of drug-likeness (QED) is 0.688. The summed E-state index contributed by atoms with van der Waals surface area (Å²) in [6, 6.07) is 13.1. The number of fused-ring (bicyclic) bond motifs is 1. The van der Waals surface area contributed by atoms with Crippen molar-refractivity contribution in [1.29, 1.82) is 0 Å². The SMILES string of the molecule is O=C1CCC(N2Cc3ccc(CCC(=O)Nc4ccc(C5CC5)cc4)cc3C2=O)C(=O)N1. The van der Waals surface area contributed by atoms with Gasteiger partial charge in [-0.2, -0.15) is 0 Å². The number of aryl methyl sites for hydroxylation is 1. The van der Waals surface area contributed by atoms with Gasteiger partial charge < -0.3 is 10.2 Å². The molecule has 2 aliphatic heterocycles. The predicted octanol–water partition coefficient (Wildman–Crippen LogP) is 2.90. The number of rotatable bonds is 6. The van der Waals surface area contributed by atoms with Crippen LogP contribution < -0.4 is 10.6 Å². The van der Waals surface area contributed by atoms with Gasteiger partial charge in [0.1, 0.15) is 6.04 Å². The molecule has 1 atom stereocenters. The van der Waals surface area contributed by atoms with E-state index in [0.29, 0.717) is 37.3 Å². The van der Waals surface area contributed by atoms with Gasteiger partial charge in [-0.15, -0.1) is 0 Å². The summed E-state index contributed by atoms with van der Waals surface area (Å²) in [5.74, 6) is -0.287. The molecule has 5 rings (SSSR count). The molecule has 0 aromatic heterocycles. The van der Waals surface area contributed by atoms with Gasteiger partial charge in [-0.25, -0.2) is 0 Å². The zero-order chi connectivity index (χ0) is 22.2. The highest BCUT2D eigenvalue weighted by molar-refractivity contribution is 6.05. The monoisotopic (exact) mass is 431 g/mol. The zero-order valence-electron chi connectivity index (χ0n) is 17.7. The first-order chi connectivity index (χ1) is 15.5. The molecule has 0 bridgehead atoms. The number of hydrogen-bond donors (Lipinski definition) is 2. The summed E-state index contributed by atoms with van der Waals surface area (Å²) in [5, 5.41) is 5.25. The van der Waals surface area contributed by atoms with Crippen molar-refractivity contribution in [2.24, 2.45) is 0 Å². The first kappa shape index (κ1) is 20.4. The van der Waals surface area contributed by atoms with Crippen LogP contribution in [0, 0.1) is 0 Å². The third kappa shape index (κ3) is 4.15. The van der Waals surface area contributed by atoms with E-state index in [1.165, 1.54) is 23.3 Å². The van der Waals surface area contributed by atoms with Gasteiger partial charge in [0, 0.05) is 30.6 Å². The maximum Gasteiger partial charge on any atom is 0.255 e. The molecule has 2 N–H and O–H groups in total. The topological polar surface area (TPSA) is 95.6 Å². The third-order valence-electron chi connectivity index (χ3n) is 6.48. The molecule has 2 aromatic carbocycles. The molecular formula is C25H25N3O4. The van der Waals surface area contributed by atoms with Crippen LogP contribution in [0.3, 0.4) is 0 Å². The number of piperidine rings is 1. The van der Waals surface area contributed by atoms with Gasteiger partial charge in [-0.1, -0.05) is 24.3 Å². The maximum atomic E-state index is 12.9. The van der Waals surface area contributed by atoms with E-state index in [1.807, 2.05) is 30.3 Å². The molecule has 1 saturated carbocycles. The number of nitrogens with one attached hydrogen (secondary N) is 2. The molecule has 32 heavy (non-hydrogen) atoms. The van der Waals surface area contributed by atoms with Crippen LogP contribution in [0.5, 0.6) is 0 Å². The lowest BCUT2D eigenvalue weighted by Gasteiger charge is -2.29. The fraction of sp³-hybridized carbons (Fsp3) is 0.360. The summed E-state index contributed by atoms with van der Waals surface area (Å²) >= 11 is 0. The van der Waals surface area contributed by atoms with Gasteiger partial charge in [0.05, 0.1) is 0 Å². The minimum atomic E-state index is -0.617. The molecule has 3 aliphatic rings. The van der Waals surface area contributed by atoms with Crippen LogP contribution in [0.25, 0.3) is 0 Å². The van der Waals surface area contributed by atoms with Crippen LogP contribution in [0.1, 0.15) is 65.1 Å². The largest absolute Gasteiger partial charge is 0.326 e. The average Bonchev–Trinajstić information content (AvgIpc) is 3.58. The number of hydrogen-bond acceptors (Lipinski definition) is 4. The van der Waals surface area contributed by atoms with E-state index < -0.39 is 11.9 Å². The van der Waals surface area contributed by atoms with Gasteiger partial charge in [0.2, 0.25) is 17.7 Å². The Hall–Kier alpha value is -3.48. The van der Waals surface area contributed by atoms with Crippen LogP contribution >= 0.6 is 0 Å². The Kier molecular flexibility index (Phi) is 5.25. The van der Waals surface area contributed by atoms with E-state index in [2.05, 4.69) is 22.8 Å². The lowest BCUT2D eigenvalue weighted by Crippen LogP contribution is -2.52. The normalized spacial score (nSPS) is 20.2. The molecule has 4 amide bonds. The zero-order valence-corrected chi connectivity index (χ0v) is 17.7. The van der Waals surface area contributed by atoms with Crippen LogP contribution in [-0.2, 0) is 27.3 Å². The minimum absolute atomic E-state index is 0.0684. The van der Waals surface area contributed by atoms with E-state index in [-0.39, 0.29) is 24.1 Å². The Bertz CT molecular complexity index is 1100. The molecule has 1 aliphatic carbocycles. The standard InChI is InChI=1S/C25H25N3O4/c29-22(26-19-8-6-17(7-9-19)16-4-5-16)11-2-15-1-3-18-14-28(25(32)20(18)13-15)21-10-12-23(30)27-24(21)31/h1,3,6-9,13,16,21H,2,4-5,10-12,14H2,(H,26,29)(H,27,30,31). The van der Waals surface area contributed by atoms with Crippen molar-refractivity contribution in [2.75, 3.05) is 5.32 Å². The number of carbonyl (C=O) groups excluding carboxylic acids is 4. The summed E-state index contributed by atoms with van der Waals surface area (Å²) in [6.45, 7) is 0.359. The van der Waals surface area contributed by atoms with Crippen LogP contribution in [0.2, 0.25) is 0 Å². The Morgan fingerprint density at radius 1 is 1.03 bits per heavy atom. The van der Waals surface area contributed by atoms with Crippen LogP contribution in [0.15, 0.2) is 42.5 Å². The molecule has 0 spiro atoms. The van der Waals surface area contributed by atoms with Crippen molar-refractivity contribution in [2.45, 2.75) is 57.0 Å². The number of nitrogens with zero attached hydrogens (tertiary/aromatic N) is 1. The smallest absolute Gasteiger partial charge is 0.255 e. The minimum Gasteiger partial charge on any atom is -0.326 e. The molecule has 7 nitrogen and oxygen atoms in total. The number of benzene rings is 2. The van der Waals surface area contributed by atoms with E-state index >= 15 is 0 Å². The highest BCUT2D eigenvalue weighted by Crippen LogP contribution is 2.40. The number of imide groups is 1. The van der Waals surface area contributed by atoms with Crippen molar-refractivity contribution in [3.8, 4) is 0 Å². The molecule has 7 heteroatoms. The fourth-order valence-electron chi connectivity index (χ4n) is 4.49. The summed E-state index contributed by atoms with van der Waals surface area (Å²) < 4.78 is 0. The fourth-order valence-corrected chi connectivity index (χ4v) is 4.49. The molecule has 1 unspecified atom stereocenters. The van der Waals surface area contributed by atoms with Crippen molar-refractivity contribution >= 4 is 29.3 Å². The van der Waals surface area contributed by atoms with E-state index in [9.17, 15) is 19.2 Å².